The number of hydrogen-bond acceptors (Lipinski definition) is 7. The summed E-state index contributed by atoms with van der Waals surface area (Å²) in [5, 5.41) is 11.2. The number of nitrogens with one attached hydrogen (secondary N) is 3. The van der Waals surface area contributed by atoms with Gasteiger partial charge in [0, 0.05) is 59.7 Å². The molecule has 6 aromatic heterocycles. The van der Waals surface area contributed by atoms with E-state index in [0.29, 0.717) is 34.9 Å². The number of amides is 1. The number of rotatable bonds is 7. The summed E-state index contributed by atoms with van der Waals surface area (Å²) in [7, 11) is 0. The van der Waals surface area contributed by atoms with E-state index in [0.717, 1.165) is 46.0 Å². The van der Waals surface area contributed by atoms with Crippen molar-refractivity contribution in [1.29, 1.82) is 0 Å². The molecule has 0 saturated carbocycles. The van der Waals surface area contributed by atoms with Crippen molar-refractivity contribution in [2.75, 3.05) is 5.32 Å². The van der Waals surface area contributed by atoms with E-state index in [9.17, 15) is 4.79 Å². The lowest BCUT2D eigenvalue weighted by Crippen LogP contribution is -2.11. The lowest BCUT2D eigenvalue weighted by Gasteiger charge is -2.07. The standard InChI is InChI=1S/C27H23N9O/c1-2-3-6-22(37)32-19-10-17(13-29-15-19)18-11-21-24(35-36-25(21)31-14-18)27-33-23-20(7-9-30-26(23)34-27)16-5-4-8-28-12-16/h4-5,7-15H,2-3,6H2,1H3,(H,32,37)(H,30,33,34)(H,31,35,36). The molecule has 10 heteroatoms. The second-order valence-corrected chi connectivity index (χ2v) is 8.69. The molecule has 3 N–H and O–H groups in total. The third kappa shape index (κ3) is 4.40. The highest BCUT2D eigenvalue weighted by Gasteiger charge is 2.17. The van der Waals surface area contributed by atoms with Gasteiger partial charge in [0.1, 0.15) is 11.2 Å². The second kappa shape index (κ2) is 9.57. The van der Waals surface area contributed by atoms with Crippen LogP contribution in [0.25, 0.3) is 56.0 Å². The SMILES string of the molecule is CCCCC(=O)Nc1cncc(-c2cnc3[nH]nc(-c4nc5c(-c6cccnc6)ccnc5[nH]4)c3c2)c1. The Labute approximate surface area is 211 Å². The third-order valence-corrected chi connectivity index (χ3v) is 6.11. The topological polar surface area (TPSA) is 138 Å². The molecule has 6 heterocycles. The molecule has 0 aromatic carbocycles. The van der Waals surface area contributed by atoms with Crippen LogP contribution < -0.4 is 5.32 Å². The van der Waals surface area contributed by atoms with Crippen LogP contribution in [-0.2, 0) is 4.79 Å². The zero-order chi connectivity index (χ0) is 25.2. The number of aromatic nitrogens is 8. The third-order valence-electron chi connectivity index (χ3n) is 6.11. The van der Waals surface area contributed by atoms with Gasteiger partial charge >= 0.3 is 0 Å². The van der Waals surface area contributed by atoms with Crippen LogP contribution >= 0.6 is 0 Å². The summed E-state index contributed by atoms with van der Waals surface area (Å²) in [4.78, 5) is 37.9. The number of anilines is 1. The zero-order valence-electron chi connectivity index (χ0n) is 20.1. The molecule has 6 rings (SSSR count). The van der Waals surface area contributed by atoms with Crippen LogP contribution in [0.4, 0.5) is 5.69 Å². The Morgan fingerprint density at radius 3 is 2.70 bits per heavy atom. The summed E-state index contributed by atoms with van der Waals surface area (Å²) >= 11 is 0. The van der Waals surface area contributed by atoms with Gasteiger partial charge in [-0.2, -0.15) is 5.10 Å². The van der Waals surface area contributed by atoms with Gasteiger partial charge in [0.25, 0.3) is 0 Å². The fraction of sp³-hybridized carbons (Fsp3) is 0.148. The fourth-order valence-electron chi connectivity index (χ4n) is 4.25. The van der Waals surface area contributed by atoms with E-state index in [4.69, 9.17) is 4.98 Å². The first-order valence-corrected chi connectivity index (χ1v) is 12.0. The highest BCUT2D eigenvalue weighted by molar-refractivity contribution is 5.96. The minimum absolute atomic E-state index is 0.0179. The molecule has 0 saturated heterocycles. The van der Waals surface area contributed by atoms with Gasteiger partial charge in [0.05, 0.1) is 17.3 Å². The van der Waals surface area contributed by atoms with Gasteiger partial charge in [-0.3, -0.25) is 19.9 Å². The molecular weight excluding hydrogens is 466 g/mol. The Balaban J connectivity index is 1.37. The number of nitrogens with zero attached hydrogens (tertiary/aromatic N) is 6. The van der Waals surface area contributed by atoms with E-state index >= 15 is 0 Å². The Morgan fingerprint density at radius 2 is 1.84 bits per heavy atom. The number of carbonyl (C=O) groups is 1. The molecular formula is C27H23N9O. The van der Waals surface area contributed by atoms with Crippen LogP contribution in [0.5, 0.6) is 0 Å². The molecule has 0 spiro atoms. The number of H-pyrrole nitrogens is 2. The largest absolute Gasteiger partial charge is 0.325 e. The van der Waals surface area contributed by atoms with E-state index in [1.807, 2.05) is 30.3 Å². The maximum Gasteiger partial charge on any atom is 0.224 e. The van der Waals surface area contributed by atoms with Crippen LogP contribution in [0.3, 0.4) is 0 Å². The number of imidazole rings is 1. The molecule has 10 nitrogen and oxygen atoms in total. The van der Waals surface area contributed by atoms with Crippen molar-refractivity contribution in [1.82, 2.24) is 40.1 Å². The van der Waals surface area contributed by atoms with E-state index in [1.54, 1.807) is 37.2 Å². The normalized spacial score (nSPS) is 11.3. The molecule has 6 aromatic rings. The monoisotopic (exact) mass is 489 g/mol. The number of unbranched alkanes of at least 4 members (excludes halogenated alkanes) is 1. The Kier molecular flexibility index (Phi) is 5.81. The van der Waals surface area contributed by atoms with Gasteiger partial charge in [-0.25, -0.2) is 15.0 Å². The molecule has 0 bridgehead atoms. The summed E-state index contributed by atoms with van der Waals surface area (Å²) in [5.41, 5.74) is 6.89. The van der Waals surface area contributed by atoms with E-state index in [2.05, 4.69) is 47.4 Å². The van der Waals surface area contributed by atoms with E-state index in [1.165, 1.54) is 0 Å². The number of hydrogen-bond donors (Lipinski definition) is 3. The molecule has 0 radical (unpaired) electrons. The van der Waals surface area contributed by atoms with Crippen LogP contribution in [0, 0.1) is 0 Å². The van der Waals surface area contributed by atoms with Crippen LogP contribution in [0.15, 0.2) is 67.5 Å². The maximum atomic E-state index is 12.2. The zero-order valence-corrected chi connectivity index (χ0v) is 20.1. The predicted octanol–water partition coefficient (Wildman–Crippen LogP) is 5.15. The maximum absolute atomic E-state index is 12.2. The molecule has 0 aliphatic carbocycles. The Morgan fingerprint density at radius 1 is 0.946 bits per heavy atom. The average molecular weight is 490 g/mol. The first-order valence-electron chi connectivity index (χ1n) is 12.0. The molecule has 0 unspecified atom stereocenters. The molecule has 0 aliphatic heterocycles. The molecule has 182 valence electrons. The molecule has 0 fully saturated rings. The molecule has 0 atom stereocenters. The number of carbonyl (C=O) groups excluding carboxylic acids is 1. The van der Waals surface area contributed by atoms with Crippen LogP contribution in [0.1, 0.15) is 26.2 Å². The van der Waals surface area contributed by atoms with Crippen molar-refractivity contribution in [2.24, 2.45) is 0 Å². The minimum atomic E-state index is -0.0179. The predicted molar refractivity (Wildman–Crippen MR) is 141 cm³/mol. The van der Waals surface area contributed by atoms with Gasteiger partial charge in [0.15, 0.2) is 17.1 Å². The first-order chi connectivity index (χ1) is 18.2. The second-order valence-electron chi connectivity index (χ2n) is 8.69. The Bertz CT molecular complexity index is 1720. The van der Waals surface area contributed by atoms with Crippen molar-refractivity contribution >= 4 is 33.8 Å². The smallest absolute Gasteiger partial charge is 0.224 e. The minimum Gasteiger partial charge on any atom is -0.325 e. The van der Waals surface area contributed by atoms with E-state index < -0.39 is 0 Å². The first kappa shape index (κ1) is 22.5. The summed E-state index contributed by atoms with van der Waals surface area (Å²) in [6, 6.07) is 9.69. The van der Waals surface area contributed by atoms with Crippen molar-refractivity contribution in [3.8, 4) is 33.8 Å². The van der Waals surface area contributed by atoms with Crippen LogP contribution in [0.2, 0.25) is 0 Å². The van der Waals surface area contributed by atoms with Crippen molar-refractivity contribution in [3.05, 3.63) is 67.5 Å². The molecule has 1 amide bonds. The highest BCUT2D eigenvalue weighted by atomic mass is 16.1. The highest BCUT2D eigenvalue weighted by Crippen LogP contribution is 2.31. The van der Waals surface area contributed by atoms with Gasteiger partial charge in [-0.05, 0) is 30.7 Å². The number of aromatic amines is 2. The summed E-state index contributed by atoms with van der Waals surface area (Å²) in [6.45, 7) is 2.06. The summed E-state index contributed by atoms with van der Waals surface area (Å²) in [6.07, 6.45) is 12.7. The van der Waals surface area contributed by atoms with Crippen molar-refractivity contribution in [3.63, 3.8) is 0 Å². The van der Waals surface area contributed by atoms with Crippen molar-refractivity contribution < 1.29 is 4.79 Å². The van der Waals surface area contributed by atoms with Gasteiger partial charge in [-0.1, -0.05) is 19.4 Å². The van der Waals surface area contributed by atoms with Gasteiger partial charge < -0.3 is 10.3 Å². The quantitative estimate of drug-likeness (QED) is 0.282. The summed E-state index contributed by atoms with van der Waals surface area (Å²) < 4.78 is 0. The molecule has 0 aliphatic rings. The van der Waals surface area contributed by atoms with Crippen LogP contribution in [-0.4, -0.2) is 46.0 Å². The van der Waals surface area contributed by atoms with Gasteiger partial charge in [0.2, 0.25) is 5.91 Å². The van der Waals surface area contributed by atoms with Crippen molar-refractivity contribution in [2.45, 2.75) is 26.2 Å². The average Bonchev–Trinajstić information content (AvgIpc) is 3.56. The fourth-order valence-corrected chi connectivity index (χ4v) is 4.25. The number of fused-ring (bicyclic) bond motifs is 2. The van der Waals surface area contributed by atoms with E-state index in [-0.39, 0.29) is 5.91 Å². The molecule has 37 heavy (non-hydrogen) atoms. The Hall–Kier alpha value is -4.99. The summed E-state index contributed by atoms with van der Waals surface area (Å²) in [5.74, 6) is 0.565. The number of pyridine rings is 4. The lowest BCUT2D eigenvalue weighted by atomic mass is 10.1. The lowest BCUT2D eigenvalue weighted by molar-refractivity contribution is -0.116. The van der Waals surface area contributed by atoms with Gasteiger partial charge in [-0.15, -0.1) is 0 Å².